The van der Waals surface area contributed by atoms with Crippen molar-refractivity contribution in [2.75, 3.05) is 37.8 Å². The first-order valence-electron chi connectivity index (χ1n) is 18.6. The molecule has 4 aromatic heterocycles. The Hall–Kier alpha value is -3.82. The normalized spacial score (nSPS) is 24.4. The molecule has 18 N–H and O–H groups in total. The molecule has 4 aromatic rings. The van der Waals surface area contributed by atoms with E-state index in [4.69, 9.17) is 41.0 Å². The molecule has 2 fully saturated rings. The maximum atomic E-state index is 13.1. The van der Waals surface area contributed by atoms with E-state index in [0.29, 0.717) is 0 Å². The first-order valence-corrected chi connectivity index (χ1v) is 27.6. The largest absolute Gasteiger partial charge is 0.490 e. The fourth-order valence-corrected chi connectivity index (χ4v) is 13.2. The van der Waals surface area contributed by atoms with Gasteiger partial charge in [0.1, 0.15) is 31.2 Å². The molecule has 35 nitrogen and oxygen atoms in total. The number of aromatic amines is 2. The van der Waals surface area contributed by atoms with Crippen molar-refractivity contribution in [3.63, 3.8) is 0 Å². The van der Waals surface area contributed by atoms with Crippen LogP contribution < -0.4 is 28.3 Å². The Morgan fingerprint density at radius 1 is 0.681 bits per heavy atom. The summed E-state index contributed by atoms with van der Waals surface area (Å²) in [5.41, 5.74) is 15.0. The number of phosphoric acid groups is 5. The lowest BCUT2D eigenvalue weighted by atomic mass is 10.2. The van der Waals surface area contributed by atoms with Crippen molar-refractivity contribution in [1.82, 2.24) is 29.1 Å². The fraction of sp³-hybridized carbons (Fsp3) is 0.429. The van der Waals surface area contributed by atoms with Gasteiger partial charge < -0.3 is 85.2 Å². The van der Waals surface area contributed by atoms with Crippen molar-refractivity contribution in [2.24, 2.45) is 10.5 Å². The van der Waals surface area contributed by atoms with E-state index in [9.17, 15) is 72.0 Å². The fourth-order valence-electron chi connectivity index (χ4n) is 6.45. The van der Waals surface area contributed by atoms with Crippen LogP contribution in [0.1, 0.15) is 36.4 Å². The van der Waals surface area contributed by atoms with Crippen molar-refractivity contribution < 1.29 is 108 Å². The highest BCUT2D eigenvalue weighted by Gasteiger charge is 2.44. The highest BCUT2D eigenvalue weighted by molar-refractivity contribution is 7.68. The first-order chi connectivity index (χ1) is 31.9. The van der Waals surface area contributed by atoms with Gasteiger partial charge in [0.25, 0.3) is 11.1 Å². The second-order valence-corrected chi connectivity index (χ2v) is 23.1. The summed E-state index contributed by atoms with van der Waals surface area (Å²) in [6.45, 7) is -3.11. The number of hydrogen-bond acceptors (Lipinski definition) is 23. The molecule has 41 heteroatoms. The molecular weight excluding hydrogens is 1060 g/mol. The van der Waals surface area contributed by atoms with Gasteiger partial charge in [0, 0.05) is 25.2 Å². The number of fused-ring (bicyclic) bond motifs is 2. The summed E-state index contributed by atoms with van der Waals surface area (Å²) in [4.78, 5) is 115. The Kier molecular flexibility index (Phi) is 16.4. The van der Waals surface area contributed by atoms with Gasteiger partial charge in [-0.05, 0) is 0 Å². The van der Waals surface area contributed by atoms with E-state index in [1.807, 2.05) is 0 Å². The lowest BCUT2D eigenvalue weighted by Crippen LogP contribution is -2.26. The van der Waals surface area contributed by atoms with Crippen LogP contribution in [0.15, 0.2) is 26.7 Å². The number of nitrogen functional groups attached to an aromatic ring is 2. The highest BCUT2D eigenvalue weighted by atomic mass is 31.3. The number of rotatable bonds is 17. The topological polar surface area (TPSA) is 553 Å². The van der Waals surface area contributed by atoms with E-state index in [1.165, 1.54) is 10.8 Å². The van der Waals surface area contributed by atoms with Gasteiger partial charge in [-0.15, -0.1) is 0 Å². The molecule has 0 radical (unpaired) electrons. The van der Waals surface area contributed by atoms with Gasteiger partial charge >= 0.3 is 46.8 Å². The zero-order chi connectivity index (χ0) is 51.1. The summed E-state index contributed by atoms with van der Waals surface area (Å²) in [5.74, 6) is 9.34. The number of hydrogen-bond donors (Lipinski definition) is 15. The van der Waals surface area contributed by atoms with E-state index < -0.39 is 121 Å². The predicted molar refractivity (Wildman–Crippen MR) is 228 cm³/mol. The van der Waals surface area contributed by atoms with Gasteiger partial charge in [-0.2, -0.15) is 18.6 Å². The minimum atomic E-state index is -5.87. The molecule has 380 valence electrons. The Morgan fingerprint density at radius 2 is 1.12 bits per heavy atom. The number of phosphoric ester groups is 2. The molecular formula is C28H38N10O25P6. The Morgan fingerprint density at radius 3 is 1.55 bits per heavy atom. The third-order valence-corrected chi connectivity index (χ3v) is 17.1. The maximum Gasteiger partial charge on any atom is 0.490 e. The average Bonchev–Trinajstić information content (AvgIpc) is 3.94. The second-order valence-electron chi connectivity index (χ2n) is 14.0. The molecule has 6 heterocycles. The van der Waals surface area contributed by atoms with E-state index in [-0.39, 0.29) is 58.5 Å². The zero-order valence-corrected chi connectivity index (χ0v) is 39.5. The minimum Gasteiger partial charge on any atom is -0.390 e. The van der Waals surface area contributed by atoms with Crippen LogP contribution >= 0.6 is 46.8 Å². The predicted octanol–water partition coefficient (Wildman–Crippen LogP) is -1.89. The average molecular weight is 1100 g/mol. The molecule has 6 unspecified atom stereocenters. The lowest BCUT2D eigenvalue weighted by molar-refractivity contribution is -0.0421. The number of aromatic nitrogens is 6. The standard InChI is InChI=1S/C28H38N10O25P6/c29-5-1-3-13-9-37(23-21(13)25(41)35-27(30)33-23)19-7-15(39)17(58-19)11-56-67(50,51)61-64(43,60-65(44,45)46)32-6-2-4-14-10-38(24-22(14)26(42)36-28(31)34-24)20-8-16(40)18(59-20)12-57-68(52,53)63-69(54,55)62-66(47,48)49/h9-10,15-20,39-40,43H,5-8,11-12,29H2,(H,50,51)(H,52,53)(H,54,55)(H2,44,45,46)(H2,47,48,49)(H3,30,33,35,41)(H3,31,34,36,42)/t15-,16-,17?,18?,19-,20-,64?/m1/s1. The minimum absolute atomic E-state index is 0.00433. The monoisotopic (exact) mass is 1100 g/mol. The molecule has 0 bridgehead atoms. The van der Waals surface area contributed by atoms with Gasteiger partial charge in [-0.1, -0.05) is 23.7 Å². The molecule has 0 amide bonds. The summed E-state index contributed by atoms with van der Waals surface area (Å²) in [7, 11) is -34.1. The summed E-state index contributed by atoms with van der Waals surface area (Å²) < 4.78 is 102. The molecule has 6 rings (SSSR count). The second kappa shape index (κ2) is 20.7. The van der Waals surface area contributed by atoms with Gasteiger partial charge in [-0.25, -0.2) is 36.2 Å². The van der Waals surface area contributed by atoms with Crippen LogP contribution in [0.5, 0.6) is 0 Å². The van der Waals surface area contributed by atoms with Gasteiger partial charge in [0.05, 0.1) is 53.9 Å². The maximum absolute atomic E-state index is 13.1. The number of nitrogens with zero attached hydrogens (tertiary/aromatic N) is 5. The molecule has 0 aromatic carbocycles. The molecule has 10 atom stereocenters. The van der Waals surface area contributed by atoms with E-state index in [2.05, 4.69) is 70.1 Å². The van der Waals surface area contributed by atoms with Crippen LogP contribution in [0, 0.1) is 23.7 Å². The Labute approximate surface area is 383 Å². The van der Waals surface area contributed by atoms with Crippen molar-refractivity contribution in [1.29, 1.82) is 0 Å². The van der Waals surface area contributed by atoms with E-state index in [1.54, 1.807) is 0 Å². The van der Waals surface area contributed by atoms with Crippen molar-refractivity contribution in [3.8, 4) is 23.7 Å². The molecule has 0 saturated carbocycles. The molecule has 2 saturated heterocycles. The summed E-state index contributed by atoms with van der Waals surface area (Å²) in [6.07, 6.45) is -6.45. The molecule has 2 aliphatic rings. The number of aliphatic hydroxyl groups is 2. The summed E-state index contributed by atoms with van der Waals surface area (Å²) >= 11 is 0. The lowest BCUT2D eigenvalue weighted by Gasteiger charge is -2.22. The molecule has 0 spiro atoms. The third kappa shape index (κ3) is 14.2. The van der Waals surface area contributed by atoms with Crippen LogP contribution in [0.2, 0.25) is 0 Å². The van der Waals surface area contributed by atoms with Crippen LogP contribution in [-0.4, -0.2) is 129 Å². The van der Waals surface area contributed by atoms with Crippen LogP contribution in [0.4, 0.5) is 11.9 Å². The van der Waals surface area contributed by atoms with E-state index >= 15 is 0 Å². The summed E-state index contributed by atoms with van der Waals surface area (Å²) in [6, 6.07) is 0. The molecule has 69 heavy (non-hydrogen) atoms. The molecule has 0 aliphatic carbocycles. The van der Waals surface area contributed by atoms with Crippen LogP contribution in [0.3, 0.4) is 0 Å². The number of H-pyrrole nitrogens is 2. The quantitative estimate of drug-likeness (QED) is 0.0406. The number of aliphatic hydroxyl groups excluding tert-OH is 2. The zero-order valence-electron chi connectivity index (χ0n) is 34.1. The number of anilines is 2. The Bertz CT molecular complexity index is 3200. The summed E-state index contributed by atoms with van der Waals surface area (Å²) in [5, 5.41) is 21.1. The van der Waals surface area contributed by atoms with Crippen molar-refractivity contribution in [3.05, 3.63) is 44.2 Å². The van der Waals surface area contributed by atoms with Gasteiger partial charge in [0.2, 0.25) is 11.9 Å². The number of nitrogens with two attached hydrogens (primary N) is 3. The smallest absolute Gasteiger partial charge is 0.390 e. The van der Waals surface area contributed by atoms with E-state index in [0.717, 1.165) is 10.8 Å². The SMILES string of the molecule is NCC#Cc1cn([C@H]2C[C@@H](O)C(COP(=O)(O)OP(O)(=NCC#Cc3cn([C@H]4C[C@@H](O)C(COP(=O)(O)OP(=O)(O)OP(=O)(O)O)O4)c4nc(N)[nH]c(=O)c34)OP(=O)(O)O)O2)c2nc(N)[nH]c(=O)c12. The Balaban J connectivity index is 1.16. The van der Waals surface area contributed by atoms with Gasteiger partial charge in [-0.3, -0.25) is 28.6 Å². The highest BCUT2D eigenvalue weighted by Crippen LogP contribution is 2.68. The number of ether oxygens (including phenoxy) is 2. The van der Waals surface area contributed by atoms with Crippen LogP contribution in [0.25, 0.3) is 22.1 Å². The third-order valence-electron chi connectivity index (χ3n) is 8.95. The first kappa shape index (κ1) is 54.5. The van der Waals surface area contributed by atoms with Gasteiger partial charge in [0.15, 0.2) is 11.3 Å². The van der Waals surface area contributed by atoms with Crippen molar-refractivity contribution in [2.45, 2.75) is 49.7 Å². The number of nitrogens with one attached hydrogen (secondary N) is 2. The van der Waals surface area contributed by atoms with Crippen molar-refractivity contribution >= 4 is 80.8 Å². The van der Waals surface area contributed by atoms with Crippen LogP contribution in [-0.2, 0) is 58.6 Å². The molecule has 2 aliphatic heterocycles.